The van der Waals surface area contributed by atoms with Crippen molar-refractivity contribution in [2.45, 2.75) is 24.2 Å². The van der Waals surface area contributed by atoms with Crippen molar-refractivity contribution in [3.8, 4) is 0 Å². The number of hydrogen-bond acceptors (Lipinski definition) is 6. The quantitative estimate of drug-likeness (QED) is 0.535. The smallest absolute Gasteiger partial charge is 0.264 e. The van der Waals surface area contributed by atoms with Gasteiger partial charge in [-0.15, -0.1) is 0 Å². The van der Waals surface area contributed by atoms with Crippen molar-refractivity contribution in [3.63, 3.8) is 0 Å². The molecule has 0 atom stereocenters. The maximum Gasteiger partial charge on any atom is 0.264 e. The third-order valence-electron chi connectivity index (χ3n) is 5.91. The van der Waals surface area contributed by atoms with Gasteiger partial charge in [0.2, 0.25) is 5.91 Å². The van der Waals surface area contributed by atoms with Gasteiger partial charge in [-0.25, -0.2) is 8.42 Å². The molecule has 178 valence electrons. The summed E-state index contributed by atoms with van der Waals surface area (Å²) < 4.78 is 25.5. The Hall–Kier alpha value is -2.79. The fourth-order valence-electron chi connectivity index (χ4n) is 3.73. The lowest BCUT2D eigenvalue weighted by atomic mass is 9.96. The molecule has 0 aromatic heterocycles. The van der Waals surface area contributed by atoms with Crippen LogP contribution in [0, 0.1) is 5.92 Å². The number of amides is 2. The lowest BCUT2D eigenvalue weighted by Crippen LogP contribution is -2.39. The summed E-state index contributed by atoms with van der Waals surface area (Å²) in [4.78, 5) is 31.0. The van der Waals surface area contributed by atoms with Gasteiger partial charge in [0.15, 0.2) is 0 Å². The van der Waals surface area contributed by atoms with Gasteiger partial charge in [0.1, 0.15) is 0 Å². The molecule has 3 N–H and O–H groups in total. The maximum absolute atomic E-state index is 12.6. The molecule has 1 heterocycles. The molecule has 10 heteroatoms. The predicted octanol–water partition coefficient (Wildman–Crippen LogP) is 1.86. The number of primary amides is 1. The number of carbonyl (C=O) groups is 2. The zero-order valence-electron chi connectivity index (χ0n) is 18.9. The first kappa shape index (κ1) is 24.8. The van der Waals surface area contributed by atoms with E-state index in [4.69, 9.17) is 10.6 Å². The molecule has 3 rings (SSSR count). The Kier molecular flexibility index (Phi) is 8.20. The third-order valence-corrected chi connectivity index (χ3v) is 7.58. The minimum Gasteiger partial charge on any atom is -0.369 e. The van der Waals surface area contributed by atoms with Crippen molar-refractivity contribution >= 4 is 27.5 Å². The molecule has 2 aromatic carbocycles. The van der Waals surface area contributed by atoms with Crippen LogP contribution in [-0.2, 0) is 26.1 Å². The molecular weight excluding hydrogens is 444 g/mol. The Morgan fingerprint density at radius 3 is 2.42 bits per heavy atom. The number of sulfonamides is 1. The van der Waals surface area contributed by atoms with Crippen molar-refractivity contribution in [2.75, 3.05) is 39.1 Å². The van der Waals surface area contributed by atoms with Crippen molar-refractivity contribution in [1.82, 2.24) is 9.37 Å². The van der Waals surface area contributed by atoms with E-state index in [1.54, 1.807) is 6.07 Å². The summed E-state index contributed by atoms with van der Waals surface area (Å²) in [5, 5.41) is 2.80. The Morgan fingerprint density at radius 1 is 1.15 bits per heavy atom. The van der Waals surface area contributed by atoms with Crippen LogP contribution < -0.4 is 11.1 Å². The molecule has 0 bridgehead atoms. The monoisotopic (exact) mass is 474 g/mol. The first-order chi connectivity index (χ1) is 15.7. The summed E-state index contributed by atoms with van der Waals surface area (Å²) >= 11 is 0. The highest BCUT2D eigenvalue weighted by Crippen LogP contribution is 2.19. The fraction of sp³-hybridized carbons (Fsp3) is 0.391. The summed E-state index contributed by atoms with van der Waals surface area (Å²) in [5.74, 6) is -0.619. The number of rotatable bonds is 9. The van der Waals surface area contributed by atoms with Crippen molar-refractivity contribution in [2.24, 2.45) is 11.7 Å². The van der Waals surface area contributed by atoms with Crippen LogP contribution >= 0.6 is 0 Å². The van der Waals surface area contributed by atoms with E-state index in [-0.39, 0.29) is 22.3 Å². The van der Waals surface area contributed by atoms with E-state index >= 15 is 0 Å². The molecule has 0 unspecified atom stereocenters. The third kappa shape index (κ3) is 6.38. The van der Waals surface area contributed by atoms with Gasteiger partial charge in [-0.1, -0.05) is 22.7 Å². The number of hydroxylamine groups is 1. The highest BCUT2D eigenvalue weighted by Gasteiger charge is 2.23. The predicted molar refractivity (Wildman–Crippen MR) is 125 cm³/mol. The van der Waals surface area contributed by atoms with Crippen LogP contribution in [0.2, 0.25) is 0 Å². The number of nitrogens with zero attached hydrogens (tertiary/aromatic N) is 2. The summed E-state index contributed by atoms with van der Waals surface area (Å²) in [6.07, 6.45) is 2.48. The number of carbonyl (C=O) groups excluding carboxylic acids is 2. The number of hydrogen-bond donors (Lipinski definition) is 2. The summed E-state index contributed by atoms with van der Waals surface area (Å²) in [7, 11) is -1.30. The van der Waals surface area contributed by atoms with Gasteiger partial charge >= 0.3 is 0 Å². The van der Waals surface area contributed by atoms with Crippen LogP contribution in [0.3, 0.4) is 0 Å². The molecule has 0 radical (unpaired) electrons. The molecule has 1 aliphatic rings. The van der Waals surface area contributed by atoms with E-state index in [0.717, 1.165) is 48.9 Å². The maximum atomic E-state index is 12.6. The van der Waals surface area contributed by atoms with Crippen LogP contribution in [0.5, 0.6) is 0 Å². The summed E-state index contributed by atoms with van der Waals surface area (Å²) in [6.45, 7) is 2.64. The first-order valence-corrected chi connectivity index (χ1v) is 12.2. The lowest BCUT2D eigenvalue weighted by Gasteiger charge is -2.30. The van der Waals surface area contributed by atoms with Crippen LogP contribution in [0.1, 0.15) is 28.8 Å². The second kappa shape index (κ2) is 10.9. The lowest BCUT2D eigenvalue weighted by molar-refractivity contribution is -0.123. The first-order valence-electron chi connectivity index (χ1n) is 10.8. The number of nitrogens with one attached hydrogen (secondary N) is 1. The van der Waals surface area contributed by atoms with Gasteiger partial charge in [0.25, 0.3) is 15.9 Å². The second-order valence-corrected chi connectivity index (χ2v) is 9.98. The van der Waals surface area contributed by atoms with Crippen LogP contribution in [0.15, 0.2) is 53.4 Å². The number of benzene rings is 2. The molecule has 1 fully saturated rings. The van der Waals surface area contributed by atoms with E-state index in [2.05, 4.69) is 10.2 Å². The zero-order chi connectivity index (χ0) is 24.0. The molecule has 0 aliphatic carbocycles. The van der Waals surface area contributed by atoms with Crippen LogP contribution in [0.25, 0.3) is 0 Å². The zero-order valence-corrected chi connectivity index (χ0v) is 19.7. The highest BCUT2D eigenvalue weighted by molar-refractivity contribution is 7.89. The standard InChI is InChI=1S/C23H30N4O5S/c1-26(32-2)33(30,31)21-5-3-4-19(16-21)23(29)25-20-8-6-17(7-9-20)10-13-27-14-11-18(12-15-27)22(24)28/h3-9,16,18H,10-15H2,1-2H3,(H2,24,28)(H,25,29). The van der Waals surface area contributed by atoms with Gasteiger partial charge in [-0.3, -0.25) is 14.4 Å². The molecule has 0 spiro atoms. The Bertz CT molecular complexity index is 1080. The second-order valence-electron chi connectivity index (χ2n) is 8.04. The van der Waals surface area contributed by atoms with Gasteiger partial charge in [-0.2, -0.15) is 0 Å². The van der Waals surface area contributed by atoms with Gasteiger partial charge in [-0.05, 0) is 68.2 Å². The molecular formula is C23H30N4O5S. The number of anilines is 1. The Labute approximate surface area is 194 Å². The van der Waals surface area contributed by atoms with E-state index in [1.807, 2.05) is 24.3 Å². The Balaban J connectivity index is 1.55. The van der Waals surface area contributed by atoms with Gasteiger partial charge in [0.05, 0.1) is 12.0 Å². The average Bonchev–Trinajstić information content (AvgIpc) is 2.83. The van der Waals surface area contributed by atoms with Crippen LogP contribution in [-0.4, -0.2) is 63.4 Å². The number of piperidine rings is 1. The van der Waals surface area contributed by atoms with E-state index < -0.39 is 15.9 Å². The molecule has 2 aromatic rings. The summed E-state index contributed by atoms with van der Waals surface area (Å²) in [5.41, 5.74) is 7.37. The normalized spacial score (nSPS) is 15.5. The SMILES string of the molecule is CON(C)S(=O)(=O)c1cccc(C(=O)Nc2ccc(CCN3CCC(C(N)=O)CC3)cc2)c1. The highest BCUT2D eigenvalue weighted by atomic mass is 32.2. The van der Waals surface area contributed by atoms with Gasteiger partial charge < -0.3 is 16.0 Å². The van der Waals surface area contributed by atoms with E-state index in [9.17, 15) is 18.0 Å². The fourth-order valence-corrected chi connectivity index (χ4v) is 4.75. The molecule has 33 heavy (non-hydrogen) atoms. The largest absolute Gasteiger partial charge is 0.369 e. The van der Waals surface area contributed by atoms with E-state index in [1.165, 1.54) is 32.4 Å². The van der Waals surface area contributed by atoms with Crippen molar-refractivity contribution in [1.29, 1.82) is 0 Å². The minimum atomic E-state index is -3.84. The topological polar surface area (TPSA) is 122 Å². The molecule has 2 amide bonds. The minimum absolute atomic E-state index is 0.00849. The molecule has 0 saturated carbocycles. The van der Waals surface area contributed by atoms with E-state index in [0.29, 0.717) is 5.69 Å². The summed E-state index contributed by atoms with van der Waals surface area (Å²) in [6, 6.07) is 13.4. The van der Waals surface area contributed by atoms with Crippen LogP contribution in [0.4, 0.5) is 5.69 Å². The van der Waals surface area contributed by atoms with Crippen molar-refractivity contribution in [3.05, 3.63) is 59.7 Å². The number of likely N-dealkylation sites (tertiary alicyclic amines) is 1. The number of nitrogens with two attached hydrogens (primary N) is 1. The molecule has 1 aliphatic heterocycles. The van der Waals surface area contributed by atoms with Gasteiger partial charge in [0, 0.05) is 30.8 Å². The van der Waals surface area contributed by atoms with Crippen molar-refractivity contribution < 1.29 is 22.8 Å². The Morgan fingerprint density at radius 2 is 1.82 bits per heavy atom. The average molecular weight is 475 g/mol. The molecule has 9 nitrogen and oxygen atoms in total. The molecule has 1 saturated heterocycles.